The summed E-state index contributed by atoms with van der Waals surface area (Å²) in [7, 11) is 0. The van der Waals surface area contributed by atoms with Gasteiger partial charge in [-0.25, -0.2) is 4.68 Å². The molecule has 178 valence electrons. The Morgan fingerprint density at radius 3 is 2.32 bits per heavy atom. The number of unbranched alkanes of at least 4 members (excludes halogenated alkanes) is 8. The molecular formula is C21H37N3O7. The van der Waals surface area contributed by atoms with Gasteiger partial charge in [0.15, 0.2) is 6.23 Å². The van der Waals surface area contributed by atoms with Crippen LogP contribution >= 0.6 is 0 Å². The quantitative estimate of drug-likeness (QED) is 0.246. The molecule has 31 heavy (non-hydrogen) atoms. The van der Waals surface area contributed by atoms with Gasteiger partial charge in [0.25, 0.3) is 0 Å². The highest BCUT2D eigenvalue weighted by Crippen LogP contribution is 2.27. The maximum atomic E-state index is 11.9. The van der Waals surface area contributed by atoms with Gasteiger partial charge in [0.1, 0.15) is 36.7 Å². The van der Waals surface area contributed by atoms with E-state index in [1.54, 1.807) is 0 Å². The molecule has 1 aliphatic heterocycles. The molecule has 1 saturated heterocycles. The molecule has 2 rings (SSSR count). The average Bonchev–Trinajstić information content (AvgIpc) is 3.24. The summed E-state index contributed by atoms with van der Waals surface area (Å²) in [5, 5.41) is 46.8. The molecule has 5 atom stereocenters. The number of aliphatic hydroxyl groups is 4. The Morgan fingerprint density at radius 1 is 1.03 bits per heavy atom. The van der Waals surface area contributed by atoms with Crippen LogP contribution in [0.2, 0.25) is 0 Å². The second-order valence-electron chi connectivity index (χ2n) is 8.15. The minimum atomic E-state index is -1.50. The minimum Gasteiger partial charge on any atom is -0.459 e. The van der Waals surface area contributed by atoms with Crippen LogP contribution in [0, 0.1) is 0 Å². The smallest absolute Gasteiger partial charge is 0.306 e. The Morgan fingerprint density at radius 2 is 1.68 bits per heavy atom. The fraction of sp³-hybridized carbons (Fsp3) is 0.857. The molecule has 10 heteroatoms. The number of esters is 1. The van der Waals surface area contributed by atoms with Crippen molar-refractivity contribution in [3.05, 3.63) is 11.9 Å². The fourth-order valence-electron chi connectivity index (χ4n) is 3.61. The van der Waals surface area contributed by atoms with Gasteiger partial charge in [-0.1, -0.05) is 63.5 Å². The lowest BCUT2D eigenvalue weighted by atomic mass is 9.98. The number of carbonyl (C=O) groups excluding carboxylic acids is 1. The molecule has 1 aliphatic rings. The molecular weight excluding hydrogens is 406 g/mol. The van der Waals surface area contributed by atoms with Crippen LogP contribution in [0.1, 0.15) is 83.1 Å². The van der Waals surface area contributed by atoms with Crippen molar-refractivity contribution in [2.45, 2.75) is 108 Å². The van der Waals surface area contributed by atoms with E-state index in [0.29, 0.717) is 12.1 Å². The predicted molar refractivity (Wildman–Crippen MR) is 111 cm³/mol. The highest BCUT2D eigenvalue weighted by Gasteiger charge is 2.44. The van der Waals surface area contributed by atoms with Crippen molar-refractivity contribution in [3.8, 4) is 0 Å². The van der Waals surface area contributed by atoms with Crippen molar-refractivity contribution in [2.24, 2.45) is 0 Å². The van der Waals surface area contributed by atoms with E-state index in [9.17, 15) is 25.2 Å². The number of hydrogen-bond acceptors (Lipinski definition) is 9. The second kappa shape index (κ2) is 13.7. The topological polar surface area (TPSA) is 147 Å². The van der Waals surface area contributed by atoms with E-state index in [4.69, 9.17) is 9.47 Å². The summed E-state index contributed by atoms with van der Waals surface area (Å²) in [5.74, 6) is -0.301. The Balaban J connectivity index is 1.66. The molecule has 2 heterocycles. The first-order chi connectivity index (χ1) is 15.0. The molecule has 4 N–H and O–H groups in total. The van der Waals surface area contributed by atoms with Crippen LogP contribution in [-0.2, 0) is 20.9 Å². The third-order valence-corrected chi connectivity index (χ3v) is 5.55. The number of hydrogen-bond donors (Lipinski definition) is 4. The predicted octanol–water partition coefficient (Wildman–Crippen LogP) is 1.21. The van der Waals surface area contributed by atoms with Gasteiger partial charge in [-0.2, -0.15) is 0 Å². The number of carbonyl (C=O) groups is 1. The van der Waals surface area contributed by atoms with Crippen molar-refractivity contribution in [2.75, 3.05) is 6.61 Å². The Bertz CT molecular complexity index is 640. The SMILES string of the molecule is CCCCCCCCCCCC(=O)OCc1cn([C@@H]2O[C@H](CO)[C@@H](O)[C@H](O)[C@H]2O)nn1. The average molecular weight is 444 g/mol. The van der Waals surface area contributed by atoms with Crippen molar-refractivity contribution in [1.82, 2.24) is 15.0 Å². The number of ether oxygens (including phenoxy) is 2. The largest absolute Gasteiger partial charge is 0.459 e. The van der Waals surface area contributed by atoms with E-state index < -0.39 is 37.3 Å². The van der Waals surface area contributed by atoms with Crippen LogP contribution in [0.3, 0.4) is 0 Å². The number of aliphatic hydroxyl groups excluding tert-OH is 4. The lowest BCUT2D eigenvalue weighted by Gasteiger charge is -2.39. The number of nitrogens with zero attached hydrogens (tertiary/aromatic N) is 3. The highest BCUT2D eigenvalue weighted by atomic mass is 16.6. The maximum absolute atomic E-state index is 11.9. The fourth-order valence-corrected chi connectivity index (χ4v) is 3.61. The first kappa shape index (κ1) is 25.7. The molecule has 0 aliphatic carbocycles. The summed E-state index contributed by atoms with van der Waals surface area (Å²) >= 11 is 0. The summed E-state index contributed by atoms with van der Waals surface area (Å²) in [6.07, 6.45) is 5.79. The van der Waals surface area contributed by atoms with E-state index >= 15 is 0 Å². The lowest BCUT2D eigenvalue weighted by molar-refractivity contribution is -0.254. The molecule has 1 aromatic heterocycles. The zero-order chi connectivity index (χ0) is 22.6. The Kier molecular flexibility index (Phi) is 11.4. The monoisotopic (exact) mass is 443 g/mol. The molecule has 0 unspecified atom stereocenters. The van der Waals surface area contributed by atoms with Gasteiger partial charge in [-0.15, -0.1) is 5.10 Å². The molecule has 0 bridgehead atoms. The normalized spacial score (nSPS) is 26.2. The van der Waals surface area contributed by atoms with Gasteiger partial charge < -0.3 is 29.9 Å². The van der Waals surface area contributed by atoms with E-state index in [0.717, 1.165) is 19.3 Å². The molecule has 0 amide bonds. The molecule has 1 aromatic rings. The van der Waals surface area contributed by atoms with Crippen LogP contribution in [0.15, 0.2) is 6.20 Å². The maximum Gasteiger partial charge on any atom is 0.306 e. The lowest BCUT2D eigenvalue weighted by Crippen LogP contribution is -2.56. The zero-order valence-corrected chi connectivity index (χ0v) is 18.3. The third kappa shape index (κ3) is 8.12. The number of rotatable bonds is 14. The molecule has 0 saturated carbocycles. The molecule has 0 spiro atoms. The molecule has 0 radical (unpaired) electrons. The molecule has 0 aromatic carbocycles. The van der Waals surface area contributed by atoms with E-state index in [-0.39, 0.29) is 12.6 Å². The van der Waals surface area contributed by atoms with Crippen LogP contribution in [0.4, 0.5) is 0 Å². The second-order valence-corrected chi connectivity index (χ2v) is 8.15. The molecule has 1 fully saturated rings. The van der Waals surface area contributed by atoms with Crippen LogP contribution in [-0.4, -0.2) is 72.4 Å². The molecule has 10 nitrogen and oxygen atoms in total. The van der Waals surface area contributed by atoms with Gasteiger partial charge in [-0.05, 0) is 6.42 Å². The summed E-state index contributed by atoms with van der Waals surface area (Å²) in [6, 6.07) is 0. The van der Waals surface area contributed by atoms with Crippen LogP contribution in [0.5, 0.6) is 0 Å². The minimum absolute atomic E-state index is 0.0618. The Hall–Kier alpha value is -1.59. The van der Waals surface area contributed by atoms with E-state index in [2.05, 4.69) is 17.2 Å². The van der Waals surface area contributed by atoms with Gasteiger partial charge in [0.05, 0.1) is 12.8 Å². The van der Waals surface area contributed by atoms with Crippen LogP contribution in [0.25, 0.3) is 0 Å². The summed E-state index contributed by atoms with van der Waals surface area (Å²) in [6.45, 7) is 1.62. The number of aromatic nitrogens is 3. The van der Waals surface area contributed by atoms with E-state index in [1.165, 1.54) is 49.4 Å². The zero-order valence-electron chi connectivity index (χ0n) is 18.3. The highest BCUT2D eigenvalue weighted by molar-refractivity contribution is 5.69. The van der Waals surface area contributed by atoms with Crippen molar-refractivity contribution in [3.63, 3.8) is 0 Å². The van der Waals surface area contributed by atoms with Gasteiger partial charge >= 0.3 is 5.97 Å². The Labute approximate surface area is 183 Å². The van der Waals surface area contributed by atoms with Gasteiger partial charge in [0.2, 0.25) is 0 Å². The first-order valence-corrected chi connectivity index (χ1v) is 11.3. The standard InChI is InChI=1S/C21H37N3O7/c1-2-3-4-5-6-7-8-9-10-11-17(26)30-14-15-12-24(23-22-15)21-20(29)19(28)18(27)16(13-25)31-21/h12,16,18-21,25,27-29H,2-11,13-14H2,1H3/t16-,18-,19+,20-,21-/m1/s1. The third-order valence-electron chi connectivity index (χ3n) is 5.55. The first-order valence-electron chi connectivity index (χ1n) is 11.3. The summed E-state index contributed by atoms with van der Waals surface area (Å²) in [5.41, 5.74) is 0.359. The summed E-state index contributed by atoms with van der Waals surface area (Å²) < 4.78 is 11.8. The van der Waals surface area contributed by atoms with Crippen molar-refractivity contribution >= 4 is 5.97 Å². The van der Waals surface area contributed by atoms with Gasteiger partial charge in [0, 0.05) is 6.42 Å². The van der Waals surface area contributed by atoms with Crippen LogP contribution < -0.4 is 0 Å². The van der Waals surface area contributed by atoms with E-state index in [1.807, 2.05) is 0 Å². The van der Waals surface area contributed by atoms with Gasteiger partial charge in [-0.3, -0.25) is 4.79 Å². The summed E-state index contributed by atoms with van der Waals surface area (Å²) in [4.78, 5) is 11.9. The van der Waals surface area contributed by atoms with Crippen molar-refractivity contribution in [1.29, 1.82) is 0 Å². The van der Waals surface area contributed by atoms with Crippen molar-refractivity contribution < 1.29 is 34.7 Å².